The van der Waals surface area contributed by atoms with Crippen LogP contribution in [-0.2, 0) is 15.9 Å². The molecule has 3 heterocycles. The van der Waals surface area contributed by atoms with Gasteiger partial charge in [0.25, 0.3) is 0 Å². The zero-order valence-corrected chi connectivity index (χ0v) is 13.4. The molecule has 1 aliphatic rings. The number of hydrogen-bond acceptors (Lipinski definition) is 7. The quantitative estimate of drug-likeness (QED) is 0.708. The van der Waals surface area contributed by atoms with E-state index in [2.05, 4.69) is 25.3 Å². The van der Waals surface area contributed by atoms with Gasteiger partial charge in [0.05, 0.1) is 17.8 Å². The first-order valence-corrected chi connectivity index (χ1v) is 8.40. The van der Waals surface area contributed by atoms with Gasteiger partial charge < -0.3 is 9.26 Å². The molecule has 24 heavy (non-hydrogen) atoms. The Balaban J connectivity index is 1.59. The number of hydrogen-bond donors (Lipinski definition) is 1. The van der Waals surface area contributed by atoms with E-state index in [4.69, 9.17) is 9.26 Å². The van der Waals surface area contributed by atoms with Crippen molar-refractivity contribution < 1.29 is 13.7 Å². The smallest absolute Gasteiger partial charge is 0.237 e. The van der Waals surface area contributed by atoms with Crippen LogP contribution in [0.25, 0.3) is 0 Å². The summed E-state index contributed by atoms with van der Waals surface area (Å²) in [6.45, 7) is 1.06. The minimum Gasteiger partial charge on any atom is -0.380 e. The fourth-order valence-electron chi connectivity index (χ4n) is 2.77. The highest BCUT2D eigenvalue weighted by molar-refractivity contribution is 7.98. The van der Waals surface area contributed by atoms with E-state index >= 15 is 0 Å². The Kier molecular flexibility index (Phi) is 4.03. The second kappa shape index (κ2) is 6.33. The zero-order chi connectivity index (χ0) is 16.4. The van der Waals surface area contributed by atoms with E-state index in [1.807, 2.05) is 0 Å². The van der Waals surface area contributed by atoms with Crippen molar-refractivity contribution in [3.63, 3.8) is 0 Å². The van der Waals surface area contributed by atoms with Crippen molar-refractivity contribution >= 4 is 11.8 Å². The van der Waals surface area contributed by atoms with Gasteiger partial charge in [-0.1, -0.05) is 29.1 Å². The van der Waals surface area contributed by atoms with Crippen LogP contribution < -0.4 is 0 Å². The summed E-state index contributed by atoms with van der Waals surface area (Å²) in [6, 6.07) is 6.39. The number of ether oxygens (including phenoxy) is 1. The van der Waals surface area contributed by atoms with E-state index in [0.29, 0.717) is 35.8 Å². The fraction of sp³-hybridized carbons (Fsp3) is 0.333. The molecule has 0 spiro atoms. The predicted octanol–water partition coefficient (Wildman–Crippen LogP) is 2.33. The third-order valence-corrected chi connectivity index (χ3v) is 4.90. The summed E-state index contributed by atoms with van der Waals surface area (Å²) in [5.74, 6) is 1.28. The molecule has 0 saturated carbocycles. The third-order valence-electron chi connectivity index (χ3n) is 4.04. The number of halogens is 1. The second-order valence-electron chi connectivity index (χ2n) is 5.48. The van der Waals surface area contributed by atoms with Gasteiger partial charge in [0.2, 0.25) is 5.89 Å². The first-order valence-electron chi connectivity index (χ1n) is 7.41. The Morgan fingerprint density at radius 3 is 2.88 bits per heavy atom. The Morgan fingerprint density at radius 1 is 1.29 bits per heavy atom. The number of nitrogens with one attached hydrogen (secondary N) is 1. The second-order valence-corrected chi connectivity index (χ2v) is 6.45. The van der Waals surface area contributed by atoms with Crippen molar-refractivity contribution in [2.75, 3.05) is 13.2 Å². The lowest BCUT2D eigenvalue weighted by molar-refractivity contribution is 0.182. The average molecular weight is 347 g/mol. The SMILES string of the molecule is Fc1ccc([C@@]2(c3noc(CSc4ncn[nH]4)n3)CCOC2)cc1. The molecular formula is C15H14FN5O2S. The number of rotatable bonds is 5. The number of nitrogens with zero attached hydrogens (tertiary/aromatic N) is 4. The summed E-state index contributed by atoms with van der Waals surface area (Å²) in [5.41, 5.74) is 0.434. The third kappa shape index (κ3) is 2.80. The van der Waals surface area contributed by atoms with Crippen molar-refractivity contribution in [1.82, 2.24) is 25.3 Å². The van der Waals surface area contributed by atoms with Gasteiger partial charge in [-0.05, 0) is 24.1 Å². The lowest BCUT2D eigenvalue weighted by Gasteiger charge is -2.23. The van der Waals surface area contributed by atoms with Gasteiger partial charge in [-0.25, -0.2) is 9.37 Å². The summed E-state index contributed by atoms with van der Waals surface area (Å²) in [7, 11) is 0. The molecule has 0 aliphatic carbocycles. The van der Waals surface area contributed by atoms with Crippen LogP contribution in [-0.4, -0.2) is 38.5 Å². The maximum Gasteiger partial charge on any atom is 0.237 e. The van der Waals surface area contributed by atoms with Crippen molar-refractivity contribution in [3.05, 3.63) is 53.7 Å². The normalized spacial score (nSPS) is 20.5. The molecule has 124 valence electrons. The van der Waals surface area contributed by atoms with Gasteiger partial charge >= 0.3 is 0 Å². The molecule has 4 rings (SSSR count). The van der Waals surface area contributed by atoms with Crippen LogP contribution in [0.2, 0.25) is 0 Å². The summed E-state index contributed by atoms with van der Waals surface area (Å²) in [4.78, 5) is 8.56. The van der Waals surface area contributed by atoms with Gasteiger partial charge in [-0.3, -0.25) is 5.10 Å². The molecule has 0 unspecified atom stereocenters. The molecule has 0 bridgehead atoms. The number of H-pyrrole nitrogens is 1. The Morgan fingerprint density at radius 2 is 2.17 bits per heavy atom. The average Bonchev–Trinajstić information content (AvgIpc) is 3.34. The minimum absolute atomic E-state index is 0.273. The summed E-state index contributed by atoms with van der Waals surface area (Å²) in [5, 5.41) is 11.4. The topological polar surface area (TPSA) is 89.7 Å². The molecule has 1 aromatic carbocycles. The van der Waals surface area contributed by atoms with Gasteiger partial charge in [0.1, 0.15) is 12.1 Å². The summed E-state index contributed by atoms with van der Waals surface area (Å²) in [6.07, 6.45) is 2.17. The van der Waals surface area contributed by atoms with Crippen LogP contribution in [0, 0.1) is 5.82 Å². The molecule has 3 aromatic rings. The van der Waals surface area contributed by atoms with Crippen LogP contribution in [0.1, 0.15) is 23.7 Å². The highest BCUT2D eigenvalue weighted by Crippen LogP contribution is 2.38. The van der Waals surface area contributed by atoms with Crippen LogP contribution in [0.4, 0.5) is 4.39 Å². The van der Waals surface area contributed by atoms with Gasteiger partial charge in [0.15, 0.2) is 11.0 Å². The van der Waals surface area contributed by atoms with Crippen molar-refractivity contribution in [1.29, 1.82) is 0 Å². The van der Waals surface area contributed by atoms with Gasteiger partial charge in [-0.2, -0.15) is 10.1 Å². The van der Waals surface area contributed by atoms with E-state index < -0.39 is 5.41 Å². The van der Waals surface area contributed by atoms with Crippen molar-refractivity contribution in [2.45, 2.75) is 22.7 Å². The van der Waals surface area contributed by atoms with Crippen LogP contribution in [0.15, 0.2) is 40.3 Å². The number of aromatic nitrogens is 5. The number of aromatic amines is 1. The minimum atomic E-state index is -0.494. The number of thioether (sulfide) groups is 1. The highest BCUT2D eigenvalue weighted by Gasteiger charge is 2.42. The van der Waals surface area contributed by atoms with Crippen LogP contribution >= 0.6 is 11.8 Å². The van der Waals surface area contributed by atoms with E-state index in [1.54, 1.807) is 12.1 Å². The first kappa shape index (κ1) is 15.3. The molecule has 1 atom stereocenters. The monoisotopic (exact) mass is 347 g/mol. The molecule has 0 amide bonds. The van der Waals surface area contributed by atoms with Crippen LogP contribution in [0.3, 0.4) is 0 Å². The van der Waals surface area contributed by atoms with E-state index in [0.717, 1.165) is 12.0 Å². The Labute approximate surface area is 141 Å². The van der Waals surface area contributed by atoms with E-state index in [1.165, 1.54) is 30.2 Å². The maximum absolute atomic E-state index is 13.2. The van der Waals surface area contributed by atoms with Crippen molar-refractivity contribution in [3.8, 4) is 0 Å². The molecule has 0 radical (unpaired) electrons. The highest BCUT2D eigenvalue weighted by atomic mass is 32.2. The van der Waals surface area contributed by atoms with Gasteiger partial charge in [-0.15, -0.1) is 0 Å². The summed E-state index contributed by atoms with van der Waals surface area (Å²) < 4.78 is 24.2. The molecule has 9 heteroatoms. The first-order chi connectivity index (χ1) is 11.8. The lowest BCUT2D eigenvalue weighted by Crippen LogP contribution is -2.29. The van der Waals surface area contributed by atoms with E-state index in [9.17, 15) is 4.39 Å². The Bertz CT molecular complexity index is 800. The molecule has 1 N–H and O–H groups in total. The molecule has 7 nitrogen and oxygen atoms in total. The van der Waals surface area contributed by atoms with E-state index in [-0.39, 0.29) is 5.82 Å². The fourth-order valence-corrected chi connectivity index (χ4v) is 3.39. The molecule has 2 aromatic heterocycles. The van der Waals surface area contributed by atoms with Crippen LogP contribution in [0.5, 0.6) is 0 Å². The maximum atomic E-state index is 13.2. The molecule has 1 saturated heterocycles. The largest absolute Gasteiger partial charge is 0.380 e. The van der Waals surface area contributed by atoms with Crippen molar-refractivity contribution in [2.24, 2.45) is 0 Å². The summed E-state index contributed by atoms with van der Waals surface area (Å²) >= 11 is 1.43. The standard InChI is InChI=1S/C15H14FN5O2S/c16-11-3-1-10(2-4-11)15(5-6-22-8-15)13-19-12(23-21-13)7-24-14-17-9-18-20-14/h1-4,9H,5-8H2,(H,17,18,20)/t15-/m1/s1. The molecule has 1 aliphatic heterocycles. The molecule has 1 fully saturated rings. The Hall–Kier alpha value is -2.26. The predicted molar refractivity (Wildman–Crippen MR) is 82.9 cm³/mol. The zero-order valence-electron chi connectivity index (χ0n) is 12.6. The molecular weight excluding hydrogens is 333 g/mol. The lowest BCUT2D eigenvalue weighted by atomic mass is 9.79. The van der Waals surface area contributed by atoms with Gasteiger partial charge in [0, 0.05) is 6.61 Å². The number of benzene rings is 1.